The first kappa shape index (κ1) is 28.0. The summed E-state index contributed by atoms with van der Waals surface area (Å²) in [6.45, 7) is 7.30. The monoisotopic (exact) mass is 572 g/mol. The molecule has 2 saturated heterocycles. The summed E-state index contributed by atoms with van der Waals surface area (Å²) in [7, 11) is 2.95. The maximum Gasteiger partial charge on any atom is 0.241 e. The number of phenolic OH excluding ortho intramolecular Hbond substituents is 1. The summed E-state index contributed by atoms with van der Waals surface area (Å²) in [4.78, 5) is 58.9. The van der Waals surface area contributed by atoms with Crippen LogP contribution < -0.4 is 14.4 Å². The molecule has 0 radical (unpaired) electrons. The first-order valence-corrected chi connectivity index (χ1v) is 14.3. The number of methoxy groups -OCH3 is 2. The van der Waals surface area contributed by atoms with Crippen molar-refractivity contribution in [3.05, 3.63) is 59.7 Å². The van der Waals surface area contributed by atoms with E-state index in [0.717, 1.165) is 5.57 Å². The Bertz CT molecular complexity index is 1540. The lowest BCUT2D eigenvalue weighted by Crippen LogP contribution is -2.49. The fourth-order valence-electron chi connectivity index (χ4n) is 7.97. The molecule has 220 valence electrons. The number of likely N-dealkylation sites (tertiary alicyclic amines) is 1. The molecule has 2 heterocycles. The summed E-state index contributed by atoms with van der Waals surface area (Å²) >= 11 is 0. The van der Waals surface area contributed by atoms with Gasteiger partial charge in [-0.1, -0.05) is 29.8 Å². The van der Waals surface area contributed by atoms with Crippen molar-refractivity contribution in [3.63, 3.8) is 0 Å². The van der Waals surface area contributed by atoms with Crippen LogP contribution in [0.25, 0.3) is 0 Å². The molecule has 6 atom stereocenters. The number of aromatic hydroxyl groups is 1. The number of anilines is 1. The third-order valence-electron chi connectivity index (χ3n) is 9.80. The quantitative estimate of drug-likeness (QED) is 0.426. The summed E-state index contributed by atoms with van der Waals surface area (Å²) in [5, 5.41) is 11.5. The lowest BCUT2D eigenvalue weighted by Gasteiger charge is -2.49. The minimum absolute atomic E-state index is 0.136. The molecule has 0 aromatic heterocycles. The number of para-hydroxylation sites is 1. The summed E-state index contributed by atoms with van der Waals surface area (Å²) in [6, 6.07) is 11.9. The SMILES string of the molecule is COc1cc(O)c([C@H]2C3=CC[C@@H]4C(=O)N(C(C)(C)C)C(=O)[C@@H]4[C@@H]3C[C@H]3C(=O)N(c4ccccc4)C(=O)[C@@]23C)c(OC)c1. The van der Waals surface area contributed by atoms with Gasteiger partial charge in [0.1, 0.15) is 17.2 Å². The molecule has 42 heavy (non-hydrogen) atoms. The summed E-state index contributed by atoms with van der Waals surface area (Å²) < 4.78 is 11.1. The van der Waals surface area contributed by atoms with Crippen LogP contribution in [0.2, 0.25) is 0 Å². The van der Waals surface area contributed by atoms with Gasteiger partial charge in [-0.15, -0.1) is 0 Å². The Morgan fingerprint density at radius 2 is 1.62 bits per heavy atom. The van der Waals surface area contributed by atoms with Gasteiger partial charge < -0.3 is 14.6 Å². The van der Waals surface area contributed by atoms with Gasteiger partial charge in [0.15, 0.2) is 0 Å². The number of imide groups is 2. The molecule has 0 bridgehead atoms. The molecule has 1 saturated carbocycles. The van der Waals surface area contributed by atoms with Gasteiger partial charge in [-0.05, 0) is 58.6 Å². The zero-order valence-electron chi connectivity index (χ0n) is 24.7. The fourth-order valence-corrected chi connectivity index (χ4v) is 7.97. The van der Waals surface area contributed by atoms with Crippen LogP contribution in [0.15, 0.2) is 54.1 Å². The van der Waals surface area contributed by atoms with Crippen molar-refractivity contribution >= 4 is 29.3 Å². The minimum atomic E-state index is -1.29. The van der Waals surface area contributed by atoms with Crippen molar-refractivity contribution in [3.8, 4) is 17.2 Å². The highest BCUT2D eigenvalue weighted by molar-refractivity contribution is 6.24. The molecule has 4 aliphatic rings. The summed E-state index contributed by atoms with van der Waals surface area (Å²) in [5.74, 6) is -3.91. The first-order chi connectivity index (χ1) is 19.9. The molecular formula is C33H36N2O7. The molecular weight excluding hydrogens is 536 g/mol. The van der Waals surface area contributed by atoms with Crippen molar-refractivity contribution in [1.29, 1.82) is 0 Å². The van der Waals surface area contributed by atoms with Gasteiger partial charge >= 0.3 is 0 Å². The van der Waals surface area contributed by atoms with E-state index in [1.54, 1.807) is 37.3 Å². The highest BCUT2D eigenvalue weighted by Crippen LogP contribution is 2.65. The van der Waals surface area contributed by atoms with Crippen LogP contribution >= 0.6 is 0 Å². The number of benzene rings is 2. The van der Waals surface area contributed by atoms with E-state index in [0.29, 0.717) is 29.2 Å². The standard InChI is InChI=1S/C33H36N2O7/c1-32(2,3)35-28(37)20-13-12-19-21(25(20)30(35)39)16-22-29(38)34(17-10-8-7-9-11-17)31(40)33(22,4)27(19)26-23(36)14-18(41-5)15-24(26)42-6/h7-12,14-15,20-22,25,27,36H,13,16H2,1-6H3/t20-,21+,22-,25-,27+,33+/m0/s1. The number of nitrogens with zero attached hydrogens (tertiary/aromatic N) is 2. The fraction of sp³-hybridized carbons (Fsp3) is 0.455. The number of fused-ring (bicyclic) bond motifs is 4. The minimum Gasteiger partial charge on any atom is -0.507 e. The van der Waals surface area contributed by atoms with Gasteiger partial charge in [-0.25, -0.2) is 4.90 Å². The molecule has 6 rings (SSSR count). The number of ether oxygens (including phenoxy) is 2. The number of phenols is 1. The number of carbonyl (C=O) groups excluding carboxylic acids is 4. The van der Waals surface area contributed by atoms with Crippen LogP contribution in [0.5, 0.6) is 17.2 Å². The zero-order chi connectivity index (χ0) is 30.3. The van der Waals surface area contributed by atoms with Crippen molar-refractivity contribution < 1.29 is 33.8 Å². The van der Waals surface area contributed by atoms with Gasteiger partial charge in [-0.3, -0.25) is 24.1 Å². The highest BCUT2D eigenvalue weighted by atomic mass is 16.5. The summed E-state index contributed by atoms with van der Waals surface area (Å²) in [6.07, 6.45) is 2.53. The highest BCUT2D eigenvalue weighted by Gasteiger charge is 2.68. The van der Waals surface area contributed by atoms with E-state index in [9.17, 15) is 24.3 Å². The molecule has 9 heteroatoms. The topological polar surface area (TPSA) is 113 Å². The van der Waals surface area contributed by atoms with E-state index in [1.165, 1.54) is 30.1 Å². The second kappa shape index (κ2) is 9.44. The van der Waals surface area contributed by atoms with Crippen LogP contribution in [0, 0.1) is 29.1 Å². The van der Waals surface area contributed by atoms with Gasteiger partial charge in [-0.2, -0.15) is 0 Å². The lowest BCUT2D eigenvalue weighted by atomic mass is 9.51. The molecule has 9 nitrogen and oxygen atoms in total. The van der Waals surface area contributed by atoms with Gasteiger partial charge in [0.25, 0.3) is 0 Å². The normalized spacial score (nSPS) is 30.6. The van der Waals surface area contributed by atoms with Crippen LogP contribution in [-0.2, 0) is 19.2 Å². The predicted octanol–water partition coefficient (Wildman–Crippen LogP) is 4.44. The number of hydrogen-bond acceptors (Lipinski definition) is 7. The number of carbonyl (C=O) groups is 4. The number of hydrogen-bond donors (Lipinski definition) is 1. The van der Waals surface area contributed by atoms with Crippen molar-refractivity contribution in [2.24, 2.45) is 29.1 Å². The number of rotatable bonds is 4. The molecule has 2 aliphatic heterocycles. The smallest absolute Gasteiger partial charge is 0.241 e. The maximum absolute atomic E-state index is 14.5. The van der Waals surface area contributed by atoms with E-state index in [-0.39, 0.29) is 35.8 Å². The van der Waals surface area contributed by atoms with Crippen molar-refractivity contribution in [1.82, 2.24) is 4.90 Å². The molecule has 2 aromatic carbocycles. The van der Waals surface area contributed by atoms with Crippen molar-refractivity contribution in [2.75, 3.05) is 19.1 Å². The second-order valence-electron chi connectivity index (χ2n) is 12.9. The third kappa shape index (κ3) is 3.68. The van der Waals surface area contributed by atoms with Crippen LogP contribution in [0.4, 0.5) is 5.69 Å². The van der Waals surface area contributed by atoms with Gasteiger partial charge in [0, 0.05) is 29.2 Å². The van der Waals surface area contributed by atoms with E-state index in [1.807, 2.05) is 32.9 Å². The lowest BCUT2D eigenvalue weighted by molar-refractivity contribution is -0.145. The van der Waals surface area contributed by atoms with Crippen LogP contribution in [-0.4, -0.2) is 53.4 Å². The summed E-state index contributed by atoms with van der Waals surface area (Å²) in [5.41, 5.74) is -0.387. The van der Waals surface area contributed by atoms with E-state index in [2.05, 4.69) is 0 Å². The van der Waals surface area contributed by atoms with Crippen LogP contribution in [0.3, 0.4) is 0 Å². The first-order valence-electron chi connectivity index (χ1n) is 14.3. The predicted molar refractivity (Wildman–Crippen MR) is 154 cm³/mol. The molecule has 2 aliphatic carbocycles. The Kier molecular flexibility index (Phi) is 6.29. The number of amides is 4. The Morgan fingerprint density at radius 1 is 0.929 bits per heavy atom. The average molecular weight is 573 g/mol. The number of allylic oxidation sites excluding steroid dienone is 2. The molecule has 4 amide bonds. The average Bonchev–Trinajstić information content (AvgIpc) is 3.33. The molecule has 2 aromatic rings. The van der Waals surface area contributed by atoms with E-state index in [4.69, 9.17) is 9.47 Å². The Hall–Kier alpha value is -4.14. The van der Waals surface area contributed by atoms with Crippen molar-refractivity contribution in [2.45, 2.75) is 52.0 Å². The molecule has 0 unspecified atom stereocenters. The van der Waals surface area contributed by atoms with E-state index < -0.39 is 40.5 Å². The third-order valence-corrected chi connectivity index (χ3v) is 9.80. The Morgan fingerprint density at radius 3 is 2.24 bits per heavy atom. The zero-order valence-corrected chi connectivity index (χ0v) is 24.7. The van der Waals surface area contributed by atoms with Gasteiger partial charge in [0.2, 0.25) is 23.6 Å². The van der Waals surface area contributed by atoms with Crippen LogP contribution in [0.1, 0.15) is 52.0 Å². The molecule has 3 fully saturated rings. The molecule has 0 spiro atoms. The maximum atomic E-state index is 14.5. The largest absolute Gasteiger partial charge is 0.507 e. The Labute approximate surface area is 245 Å². The molecule has 1 N–H and O–H groups in total. The Balaban J connectivity index is 1.58. The van der Waals surface area contributed by atoms with Gasteiger partial charge in [0.05, 0.1) is 43.1 Å². The second-order valence-corrected chi connectivity index (χ2v) is 12.9. The van der Waals surface area contributed by atoms with E-state index >= 15 is 0 Å².